The van der Waals surface area contributed by atoms with Crippen LogP contribution in [0.3, 0.4) is 0 Å². The predicted octanol–water partition coefficient (Wildman–Crippen LogP) is 1.98. The molecule has 0 spiro atoms. The Hall–Kier alpha value is -2.96. The fourth-order valence-electron chi connectivity index (χ4n) is 1.91. The fraction of sp³-hybridized carbons (Fsp3) is 0.250. The Labute approximate surface area is 132 Å². The molecule has 7 heteroatoms. The van der Waals surface area contributed by atoms with E-state index in [9.17, 15) is 9.59 Å². The quantitative estimate of drug-likeness (QED) is 0.876. The van der Waals surface area contributed by atoms with Crippen LogP contribution in [0.5, 0.6) is 17.2 Å². The van der Waals surface area contributed by atoms with E-state index in [1.165, 1.54) is 26.5 Å². The van der Waals surface area contributed by atoms with Crippen molar-refractivity contribution in [1.82, 2.24) is 0 Å². The molecule has 1 amide bonds. The van der Waals surface area contributed by atoms with Crippen molar-refractivity contribution in [3.63, 3.8) is 0 Å². The average Bonchev–Trinajstić information content (AvgIpc) is 2.54. The summed E-state index contributed by atoms with van der Waals surface area (Å²) in [5.41, 5.74) is 0.0952. The number of carbonyl (C=O) groups is 1. The Morgan fingerprint density at radius 3 is 2.65 bits per heavy atom. The third-order valence-electron chi connectivity index (χ3n) is 3.04. The van der Waals surface area contributed by atoms with Crippen LogP contribution in [-0.2, 0) is 4.79 Å². The summed E-state index contributed by atoms with van der Waals surface area (Å²) in [5.74, 6) is 0.930. The summed E-state index contributed by atoms with van der Waals surface area (Å²) in [6.45, 7) is 1.25. The molecule has 0 saturated carbocycles. The van der Waals surface area contributed by atoms with Crippen molar-refractivity contribution in [2.24, 2.45) is 0 Å². The van der Waals surface area contributed by atoms with Crippen molar-refractivity contribution in [2.75, 3.05) is 26.1 Å². The van der Waals surface area contributed by atoms with E-state index >= 15 is 0 Å². The summed E-state index contributed by atoms with van der Waals surface area (Å²) in [6.07, 6.45) is 1.27. The van der Waals surface area contributed by atoms with Gasteiger partial charge in [-0.05, 0) is 19.1 Å². The molecule has 0 radical (unpaired) electrons. The number of ether oxygens (including phenoxy) is 3. The van der Waals surface area contributed by atoms with Gasteiger partial charge in [0.25, 0.3) is 5.91 Å². The summed E-state index contributed by atoms with van der Waals surface area (Å²) in [4.78, 5) is 23.7. The van der Waals surface area contributed by atoms with E-state index in [2.05, 4.69) is 5.32 Å². The second-order valence-electron chi connectivity index (χ2n) is 4.57. The standard InChI is InChI=1S/C16H17NO6/c1-10-16(13(18)6-7-22-10)23-9-15(19)17-12-8-11(20-2)4-5-14(12)21-3/h4-8H,9H2,1-3H3,(H,17,19). The number of nitrogens with one attached hydrogen (secondary N) is 1. The first-order chi connectivity index (χ1) is 11.0. The van der Waals surface area contributed by atoms with E-state index in [1.807, 2.05) is 0 Å². The number of amides is 1. The molecular weight excluding hydrogens is 302 g/mol. The monoisotopic (exact) mass is 319 g/mol. The predicted molar refractivity (Wildman–Crippen MR) is 83.4 cm³/mol. The molecule has 0 aliphatic heterocycles. The largest absolute Gasteiger partial charge is 0.497 e. The van der Waals surface area contributed by atoms with E-state index in [0.717, 1.165) is 0 Å². The maximum Gasteiger partial charge on any atom is 0.262 e. The van der Waals surface area contributed by atoms with Crippen LogP contribution in [0.1, 0.15) is 5.76 Å². The SMILES string of the molecule is COc1ccc(OC)c(NC(=O)COc2c(C)occc2=O)c1. The highest BCUT2D eigenvalue weighted by Crippen LogP contribution is 2.28. The molecule has 2 rings (SSSR count). The maximum atomic E-state index is 12.0. The number of benzene rings is 1. The maximum absolute atomic E-state index is 12.0. The zero-order valence-corrected chi connectivity index (χ0v) is 13.0. The average molecular weight is 319 g/mol. The Morgan fingerprint density at radius 2 is 2.00 bits per heavy atom. The van der Waals surface area contributed by atoms with Crippen LogP contribution >= 0.6 is 0 Å². The van der Waals surface area contributed by atoms with Crippen LogP contribution < -0.4 is 25.0 Å². The van der Waals surface area contributed by atoms with Crippen molar-refractivity contribution in [3.05, 3.63) is 46.5 Å². The molecule has 1 heterocycles. The first kappa shape index (κ1) is 16.4. The third-order valence-corrected chi connectivity index (χ3v) is 3.04. The van der Waals surface area contributed by atoms with Crippen LogP contribution in [0.2, 0.25) is 0 Å². The summed E-state index contributed by atoms with van der Waals surface area (Å²) < 4.78 is 20.6. The van der Waals surface area contributed by atoms with E-state index < -0.39 is 5.91 Å². The van der Waals surface area contributed by atoms with Crippen LogP contribution in [-0.4, -0.2) is 26.7 Å². The highest BCUT2D eigenvalue weighted by molar-refractivity contribution is 5.93. The van der Waals surface area contributed by atoms with Crippen LogP contribution in [0, 0.1) is 6.92 Å². The number of methoxy groups -OCH3 is 2. The summed E-state index contributed by atoms with van der Waals surface area (Å²) in [5, 5.41) is 2.64. The topological polar surface area (TPSA) is 87.0 Å². The fourth-order valence-corrected chi connectivity index (χ4v) is 1.91. The van der Waals surface area contributed by atoms with Gasteiger partial charge in [-0.15, -0.1) is 0 Å². The zero-order valence-electron chi connectivity index (χ0n) is 13.0. The molecule has 0 atom stereocenters. The Bertz CT molecular complexity index is 752. The molecule has 0 saturated heterocycles. The van der Waals surface area contributed by atoms with E-state index in [1.54, 1.807) is 25.1 Å². The highest BCUT2D eigenvalue weighted by atomic mass is 16.5. The van der Waals surface area contributed by atoms with Crippen LogP contribution in [0.4, 0.5) is 5.69 Å². The Balaban J connectivity index is 2.07. The van der Waals surface area contributed by atoms with E-state index in [4.69, 9.17) is 18.6 Å². The minimum atomic E-state index is -0.445. The second kappa shape index (κ2) is 7.35. The van der Waals surface area contributed by atoms with Crippen LogP contribution in [0.25, 0.3) is 0 Å². The molecule has 0 fully saturated rings. The number of rotatable bonds is 6. The lowest BCUT2D eigenvalue weighted by Gasteiger charge is -2.12. The number of carbonyl (C=O) groups excluding carboxylic acids is 1. The van der Waals surface area contributed by atoms with Gasteiger partial charge in [0.05, 0.1) is 26.2 Å². The molecule has 1 aromatic carbocycles. The Kier molecular flexibility index (Phi) is 5.24. The molecule has 122 valence electrons. The van der Waals surface area contributed by atoms with Gasteiger partial charge in [-0.3, -0.25) is 9.59 Å². The lowest BCUT2D eigenvalue weighted by atomic mass is 10.2. The van der Waals surface area contributed by atoms with Crippen LogP contribution in [0.15, 0.2) is 39.7 Å². The van der Waals surface area contributed by atoms with Gasteiger partial charge >= 0.3 is 0 Å². The second-order valence-corrected chi connectivity index (χ2v) is 4.57. The summed E-state index contributed by atoms with van der Waals surface area (Å²) >= 11 is 0. The summed E-state index contributed by atoms with van der Waals surface area (Å²) in [7, 11) is 3.01. The molecular formula is C16H17NO6. The van der Waals surface area contributed by atoms with Gasteiger partial charge in [0, 0.05) is 12.1 Å². The highest BCUT2D eigenvalue weighted by Gasteiger charge is 2.12. The number of hydrogen-bond donors (Lipinski definition) is 1. The van der Waals surface area contributed by atoms with Gasteiger partial charge < -0.3 is 23.9 Å². The molecule has 7 nitrogen and oxygen atoms in total. The van der Waals surface area contributed by atoms with Gasteiger partial charge in [0.2, 0.25) is 11.2 Å². The van der Waals surface area contributed by atoms with Gasteiger partial charge in [-0.1, -0.05) is 0 Å². The first-order valence-electron chi connectivity index (χ1n) is 6.78. The first-order valence-corrected chi connectivity index (χ1v) is 6.78. The molecule has 0 aliphatic carbocycles. The molecule has 1 N–H and O–H groups in total. The number of aryl methyl sites for hydroxylation is 1. The lowest BCUT2D eigenvalue weighted by molar-refractivity contribution is -0.118. The molecule has 2 aromatic rings. The van der Waals surface area contributed by atoms with Crippen molar-refractivity contribution in [1.29, 1.82) is 0 Å². The Morgan fingerprint density at radius 1 is 1.22 bits per heavy atom. The smallest absolute Gasteiger partial charge is 0.262 e. The van der Waals surface area contributed by atoms with Crippen molar-refractivity contribution in [2.45, 2.75) is 6.92 Å². The zero-order chi connectivity index (χ0) is 16.8. The molecule has 0 bridgehead atoms. The van der Waals surface area contributed by atoms with Crippen molar-refractivity contribution >= 4 is 11.6 Å². The molecule has 1 aromatic heterocycles. The van der Waals surface area contributed by atoms with Crippen molar-refractivity contribution < 1.29 is 23.4 Å². The molecule has 0 aliphatic rings. The molecule has 23 heavy (non-hydrogen) atoms. The minimum absolute atomic E-state index is 0.0141. The lowest BCUT2D eigenvalue weighted by Crippen LogP contribution is -2.22. The normalized spacial score (nSPS) is 10.0. The van der Waals surface area contributed by atoms with Gasteiger partial charge in [-0.2, -0.15) is 0 Å². The van der Waals surface area contributed by atoms with Gasteiger partial charge in [-0.25, -0.2) is 0 Å². The van der Waals surface area contributed by atoms with E-state index in [-0.39, 0.29) is 17.8 Å². The van der Waals surface area contributed by atoms with Gasteiger partial charge in [0.15, 0.2) is 6.61 Å². The van der Waals surface area contributed by atoms with E-state index in [0.29, 0.717) is 22.9 Å². The van der Waals surface area contributed by atoms with Crippen molar-refractivity contribution in [3.8, 4) is 17.2 Å². The van der Waals surface area contributed by atoms with Gasteiger partial charge in [0.1, 0.15) is 17.3 Å². The molecule has 0 unspecified atom stereocenters. The summed E-state index contributed by atoms with van der Waals surface area (Å²) in [6, 6.07) is 6.24. The number of hydrogen-bond acceptors (Lipinski definition) is 6. The number of anilines is 1. The minimum Gasteiger partial charge on any atom is -0.497 e. The third kappa shape index (κ3) is 4.03.